The van der Waals surface area contributed by atoms with Gasteiger partial charge in [0.2, 0.25) is 23.5 Å². The Morgan fingerprint density at radius 2 is 1.09 bits per heavy atom. The largest absolute Gasteiger partial charge is 0.493 e. The SMILES string of the molecule is COc1ccc(/C=C/C(=O)Nc2nonc2NC(=O)/C=C/c2ccc(OC)c(OC)c2)cc1OC. The zero-order chi connectivity index (χ0) is 25.2. The molecular weight excluding hydrogens is 456 g/mol. The molecule has 2 N–H and O–H groups in total. The molecule has 182 valence electrons. The summed E-state index contributed by atoms with van der Waals surface area (Å²) in [5, 5.41) is 12.2. The molecule has 35 heavy (non-hydrogen) atoms. The summed E-state index contributed by atoms with van der Waals surface area (Å²) in [7, 11) is 6.12. The van der Waals surface area contributed by atoms with Crippen LogP contribution in [0.15, 0.2) is 53.2 Å². The van der Waals surface area contributed by atoms with Crippen LogP contribution in [0.1, 0.15) is 11.1 Å². The number of anilines is 2. The van der Waals surface area contributed by atoms with Gasteiger partial charge in [-0.1, -0.05) is 12.1 Å². The van der Waals surface area contributed by atoms with E-state index in [1.165, 1.54) is 40.6 Å². The first-order valence-corrected chi connectivity index (χ1v) is 10.2. The molecular formula is C24H24N4O7. The third-order valence-electron chi connectivity index (χ3n) is 4.64. The maximum absolute atomic E-state index is 12.3. The van der Waals surface area contributed by atoms with E-state index < -0.39 is 11.8 Å². The van der Waals surface area contributed by atoms with Crippen LogP contribution in [0.3, 0.4) is 0 Å². The lowest BCUT2D eigenvalue weighted by Crippen LogP contribution is -2.13. The second-order valence-electron chi connectivity index (χ2n) is 6.84. The van der Waals surface area contributed by atoms with E-state index >= 15 is 0 Å². The number of carbonyl (C=O) groups is 2. The first-order chi connectivity index (χ1) is 17.0. The second kappa shape index (κ2) is 11.9. The number of methoxy groups -OCH3 is 4. The number of hydrogen-bond donors (Lipinski definition) is 2. The van der Waals surface area contributed by atoms with E-state index in [-0.39, 0.29) is 11.6 Å². The average Bonchev–Trinajstić information content (AvgIpc) is 3.31. The third kappa shape index (κ3) is 6.60. The van der Waals surface area contributed by atoms with Crippen LogP contribution in [0.4, 0.5) is 11.6 Å². The van der Waals surface area contributed by atoms with Crippen molar-refractivity contribution in [1.82, 2.24) is 10.3 Å². The fraction of sp³-hybridized carbons (Fsp3) is 0.167. The summed E-state index contributed by atoms with van der Waals surface area (Å²) in [6.07, 6.45) is 5.74. The molecule has 0 unspecified atom stereocenters. The average molecular weight is 480 g/mol. The Labute approximate surface area is 201 Å². The van der Waals surface area contributed by atoms with Gasteiger partial charge in [-0.15, -0.1) is 0 Å². The minimum atomic E-state index is -0.508. The first-order valence-electron chi connectivity index (χ1n) is 10.2. The minimum absolute atomic E-state index is 0.0418. The number of aromatic nitrogens is 2. The van der Waals surface area contributed by atoms with Crippen molar-refractivity contribution in [3.05, 3.63) is 59.7 Å². The molecule has 0 radical (unpaired) electrons. The Morgan fingerprint density at radius 3 is 1.46 bits per heavy atom. The summed E-state index contributed by atoms with van der Waals surface area (Å²) in [6, 6.07) is 10.4. The van der Waals surface area contributed by atoms with E-state index in [4.69, 9.17) is 18.9 Å². The summed E-state index contributed by atoms with van der Waals surface area (Å²) >= 11 is 0. The topological polar surface area (TPSA) is 134 Å². The van der Waals surface area contributed by atoms with Gasteiger partial charge in [-0.3, -0.25) is 9.59 Å². The van der Waals surface area contributed by atoms with E-state index in [2.05, 4.69) is 25.6 Å². The van der Waals surface area contributed by atoms with Crippen molar-refractivity contribution in [2.45, 2.75) is 0 Å². The van der Waals surface area contributed by atoms with Crippen molar-refractivity contribution < 1.29 is 33.2 Å². The number of nitrogens with one attached hydrogen (secondary N) is 2. The van der Waals surface area contributed by atoms with Crippen molar-refractivity contribution in [2.75, 3.05) is 39.1 Å². The number of hydrogen-bond acceptors (Lipinski definition) is 9. The van der Waals surface area contributed by atoms with Crippen molar-refractivity contribution >= 4 is 35.6 Å². The fourth-order valence-corrected chi connectivity index (χ4v) is 2.93. The highest BCUT2D eigenvalue weighted by molar-refractivity contribution is 6.06. The lowest BCUT2D eigenvalue weighted by molar-refractivity contribution is -0.112. The van der Waals surface area contributed by atoms with Crippen molar-refractivity contribution in [3.63, 3.8) is 0 Å². The summed E-state index contributed by atoms with van der Waals surface area (Å²) in [4.78, 5) is 24.6. The number of nitrogens with zero attached hydrogens (tertiary/aromatic N) is 2. The molecule has 0 spiro atoms. The van der Waals surface area contributed by atoms with E-state index in [0.29, 0.717) is 34.1 Å². The minimum Gasteiger partial charge on any atom is -0.493 e. The Bertz CT molecular complexity index is 1160. The monoisotopic (exact) mass is 480 g/mol. The predicted octanol–water partition coefficient (Wildman–Crippen LogP) is 3.41. The first kappa shape index (κ1) is 24.8. The number of carbonyl (C=O) groups excluding carboxylic acids is 2. The molecule has 11 heteroatoms. The molecule has 0 aliphatic heterocycles. The zero-order valence-electron chi connectivity index (χ0n) is 19.5. The molecule has 0 saturated carbocycles. The molecule has 1 aromatic heterocycles. The zero-order valence-corrected chi connectivity index (χ0v) is 19.5. The number of benzene rings is 2. The van der Waals surface area contributed by atoms with Crippen LogP contribution in [-0.4, -0.2) is 50.6 Å². The molecule has 3 rings (SSSR count). The van der Waals surface area contributed by atoms with E-state index in [1.807, 2.05) is 0 Å². The van der Waals surface area contributed by atoms with Crippen molar-refractivity contribution in [2.24, 2.45) is 0 Å². The van der Waals surface area contributed by atoms with Gasteiger partial charge in [0.1, 0.15) is 0 Å². The van der Waals surface area contributed by atoms with Crippen LogP contribution < -0.4 is 29.6 Å². The van der Waals surface area contributed by atoms with Crippen LogP contribution in [0.2, 0.25) is 0 Å². The van der Waals surface area contributed by atoms with Gasteiger partial charge in [0.25, 0.3) is 0 Å². The predicted molar refractivity (Wildman–Crippen MR) is 129 cm³/mol. The summed E-state index contributed by atoms with van der Waals surface area (Å²) < 4.78 is 25.5. The van der Waals surface area contributed by atoms with Gasteiger partial charge in [0, 0.05) is 12.2 Å². The second-order valence-corrected chi connectivity index (χ2v) is 6.84. The third-order valence-corrected chi connectivity index (χ3v) is 4.64. The number of amides is 2. The summed E-state index contributed by atoms with van der Waals surface area (Å²) in [5.41, 5.74) is 1.43. The molecule has 2 amide bonds. The molecule has 0 atom stereocenters. The lowest BCUT2D eigenvalue weighted by atomic mass is 10.2. The van der Waals surface area contributed by atoms with Crippen LogP contribution in [0, 0.1) is 0 Å². The van der Waals surface area contributed by atoms with E-state index in [9.17, 15) is 9.59 Å². The van der Waals surface area contributed by atoms with Gasteiger partial charge in [0.15, 0.2) is 23.0 Å². The number of ether oxygens (including phenoxy) is 4. The Morgan fingerprint density at radius 1 is 0.686 bits per heavy atom. The van der Waals surface area contributed by atoms with Crippen molar-refractivity contribution in [1.29, 1.82) is 0 Å². The lowest BCUT2D eigenvalue weighted by Gasteiger charge is -2.07. The van der Waals surface area contributed by atoms with Crippen molar-refractivity contribution in [3.8, 4) is 23.0 Å². The van der Waals surface area contributed by atoms with Gasteiger partial charge >= 0.3 is 0 Å². The maximum atomic E-state index is 12.3. The normalized spacial score (nSPS) is 10.9. The molecule has 0 saturated heterocycles. The van der Waals surface area contributed by atoms with Gasteiger partial charge in [-0.2, -0.15) is 0 Å². The standard InChI is InChI=1S/C24H24N4O7/c1-31-17-9-5-15(13-19(17)33-3)7-11-21(29)25-23-24(28-35-27-23)26-22(30)12-8-16-6-10-18(32-2)20(14-16)34-4/h5-14H,1-4H3,(H,25,27,29)(H,26,28,30)/b11-7+,12-8+. The summed E-state index contributed by atoms with van der Waals surface area (Å²) in [5.74, 6) is 1.11. The fourth-order valence-electron chi connectivity index (χ4n) is 2.93. The Balaban J connectivity index is 1.61. The highest BCUT2D eigenvalue weighted by Crippen LogP contribution is 2.29. The molecule has 2 aromatic carbocycles. The Hall–Kier alpha value is -4.80. The van der Waals surface area contributed by atoms with Crippen LogP contribution in [0.5, 0.6) is 23.0 Å². The molecule has 0 aliphatic rings. The Kier molecular flexibility index (Phi) is 8.43. The molecule has 3 aromatic rings. The van der Waals surface area contributed by atoms with Gasteiger partial charge in [-0.05, 0) is 57.9 Å². The highest BCUT2D eigenvalue weighted by atomic mass is 16.6. The van der Waals surface area contributed by atoms with Crippen LogP contribution >= 0.6 is 0 Å². The van der Waals surface area contributed by atoms with E-state index in [0.717, 1.165) is 0 Å². The quantitative estimate of drug-likeness (QED) is 0.419. The molecule has 0 aliphatic carbocycles. The summed E-state index contributed by atoms with van der Waals surface area (Å²) in [6.45, 7) is 0. The molecule has 1 heterocycles. The van der Waals surface area contributed by atoms with Gasteiger partial charge < -0.3 is 29.6 Å². The van der Waals surface area contributed by atoms with Gasteiger partial charge in [-0.25, -0.2) is 4.63 Å². The van der Waals surface area contributed by atoms with Crippen LogP contribution in [-0.2, 0) is 9.59 Å². The highest BCUT2D eigenvalue weighted by Gasteiger charge is 2.14. The van der Waals surface area contributed by atoms with Crippen LogP contribution in [0.25, 0.3) is 12.2 Å². The number of rotatable bonds is 10. The van der Waals surface area contributed by atoms with Gasteiger partial charge in [0.05, 0.1) is 28.4 Å². The molecule has 0 bridgehead atoms. The molecule has 11 nitrogen and oxygen atoms in total. The van der Waals surface area contributed by atoms with E-state index in [1.54, 1.807) is 48.6 Å². The maximum Gasteiger partial charge on any atom is 0.249 e. The smallest absolute Gasteiger partial charge is 0.249 e. The molecule has 0 fully saturated rings.